The number of alkyl halides is 3. The van der Waals surface area contributed by atoms with E-state index < -0.39 is 3.79 Å². The monoisotopic (exact) mass is 419 g/mol. The first-order chi connectivity index (χ1) is 11.8. The molecule has 9 heteroatoms. The van der Waals surface area contributed by atoms with E-state index in [0.717, 1.165) is 31.5 Å². The third-order valence-electron chi connectivity index (χ3n) is 4.02. The molecule has 0 bridgehead atoms. The van der Waals surface area contributed by atoms with E-state index in [1.165, 1.54) is 0 Å². The van der Waals surface area contributed by atoms with Crippen molar-refractivity contribution in [2.75, 3.05) is 25.5 Å². The van der Waals surface area contributed by atoms with Crippen molar-refractivity contribution in [1.82, 2.24) is 19.9 Å². The second-order valence-corrected chi connectivity index (χ2v) is 8.75. The number of benzene rings is 1. The van der Waals surface area contributed by atoms with Gasteiger partial charge in [0.2, 0.25) is 9.74 Å². The minimum Gasteiger partial charge on any atom is -0.351 e. The summed E-state index contributed by atoms with van der Waals surface area (Å²) in [5.74, 6) is 0.896. The Labute approximate surface area is 166 Å². The molecular weight excluding hydrogens is 404 g/mol. The molecule has 1 aliphatic rings. The Kier molecular flexibility index (Phi) is 5.91. The van der Waals surface area contributed by atoms with Crippen molar-refractivity contribution >= 4 is 52.4 Å². The molecule has 1 saturated heterocycles. The smallest absolute Gasteiger partial charge is 0.250 e. The van der Waals surface area contributed by atoms with Gasteiger partial charge in [-0.1, -0.05) is 58.5 Å². The molecule has 1 aromatic carbocycles. The average Bonchev–Trinajstić information content (AvgIpc) is 2.56. The number of nitrogens with zero attached hydrogens (tertiary/aromatic N) is 4. The van der Waals surface area contributed by atoms with Crippen LogP contribution in [0.1, 0.15) is 18.7 Å². The number of piperidine rings is 1. The number of anilines is 1. The summed E-state index contributed by atoms with van der Waals surface area (Å²) in [5.41, 5.74) is 0.733. The molecular formula is C16H17Cl4N5. The highest BCUT2D eigenvalue weighted by molar-refractivity contribution is 6.66. The lowest BCUT2D eigenvalue weighted by Gasteiger charge is -2.29. The molecule has 0 atom stereocenters. The van der Waals surface area contributed by atoms with E-state index in [-0.39, 0.29) is 11.9 Å². The molecule has 1 N–H and O–H groups in total. The molecule has 25 heavy (non-hydrogen) atoms. The summed E-state index contributed by atoms with van der Waals surface area (Å²) in [6.45, 7) is 2.03. The van der Waals surface area contributed by atoms with Gasteiger partial charge in [0.05, 0.1) is 0 Å². The molecule has 5 nitrogen and oxygen atoms in total. The predicted octanol–water partition coefficient (Wildman–Crippen LogP) is 4.52. The van der Waals surface area contributed by atoms with E-state index in [0.29, 0.717) is 16.8 Å². The highest BCUT2D eigenvalue weighted by atomic mass is 35.6. The molecule has 2 aromatic rings. The number of nitrogens with one attached hydrogen (secondary N) is 1. The Morgan fingerprint density at radius 2 is 1.84 bits per heavy atom. The van der Waals surface area contributed by atoms with E-state index >= 15 is 0 Å². The molecule has 0 radical (unpaired) electrons. The van der Waals surface area contributed by atoms with Crippen LogP contribution in [0.15, 0.2) is 24.3 Å². The van der Waals surface area contributed by atoms with Crippen LogP contribution in [0, 0.1) is 0 Å². The second-order valence-electron chi connectivity index (χ2n) is 6.04. The zero-order valence-electron chi connectivity index (χ0n) is 13.5. The average molecular weight is 421 g/mol. The number of aromatic nitrogens is 3. The molecule has 0 saturated carbocycles. The summed E-state index contributed by atoms with van der Waals surface area (Å²) in [4.78, 5) is 15.4. The highest BCUT2D eigenvalue weighted by Gasteiger charge is 2.29. The summed E-state index contributed by atoms with van der Waals surface area (Å²) in [6, 6.07) is 7.48. The van der Waals surface area contributed by atoms with Crippen LogP contribution in [0.4, 0.5) is 5.95 Å². The first-order valence-electron chi connectivity index (χ1n) is 7.85. The molecule has 0 spiro atoms. The minimum absolute atomic E-state index is 0.0814. The number of halogens is 4. The van der Waals surface area contributed by atoms with Crippen LogP contribution in [0.5, 0.6) is 0 Å². The topological polar surface area (TPSA) is 53.9 Å². The number of hydrogen-bond acceptors (Lipinski definition) is 5. The first-order valence-corrected chi connectivity index (χ1v) is 9.37. The largest absolute Gasteiger partial charge is 0.351 e. The number of hydrogen-bond donors (Lipinski definition) is 1. The third kappa shape index (κ3) is 5.08. The van der Waals surface area contributed by atoms with Crippen molar-refractivity contribution in [3.05, 3.63) is 35.1 Å². The first kappa shape index (κ1) is 18.9. The summed E-state index contributed by atoms with van der Waals surface area (Å²) >= 11 is 24.1. The van der Waals surface area contributed by atoms with Crippen LogP contribution >= 0.6 is 46.4 Å². The maximum absolute atomic E-state index is 6.06. The Morgan fingerprint density at radius 3 is 2.48 bits per heavy atom. The minimum atomic E-state index is -1.74. The quantitative estimate of drug-likeness (QED) is 0.739. The molecule has 134 valence electrons. The fourth-order valence-electron chi connectivity index (χ4n) is 2.66. The maximum atomic E-state index is 6.06. The number of likely N-dealkylation sites (tertiary alicyclic amines) is 1. The van der Waals surface area contributed by atoms with E-state index in [1.807, 2.05) is 12.1 Å². The highest BCUT2D eigenvalue weighted by Crippen LogP contribution is 2.37. The molecule has 1 aliphatic heterocycles. The molecule has 3 rings (SSSR count). The molecule has 0 unspecified atom stereocenters. The molecule has 0 aliphatic carbocycles. The van der Waals surface area contributed by atoms with Gasteiger partial charge in [-0.05, 0) is 45.1 Å². The lowest BCUT2D eigenvalue weighted by Crippen LogP contribution is -2.37. The Bertz CT molecular complexity index is 742. The van der Waals surface area contributed by atoms with Crippen LogP contribution in [-0.2, 0) is 3.79 Å². The van der Waals surface area contributed by atoms with Gasteiger partial charge < -0.3 is 10.2 Å². The standard InChI is InChI=1S/C16H17Cl4N5/c1-25-7-5-12(6-8-25)21-15-23-13(10-3-2-4-11(17)9-10)22-14(24-15)16(18,19)20/h2-4,9,12H,5-8H2,1H3,(H,21,22,23,24). The summed E-state index contributed by atoms with van der Waals surface area (Å²) in [6.07, 6.45) is 2.00. The third-order valence-corrected chi connectivity index (χ3v) is 4.77. The maximum Gasteiger partial charge on any atom is 0.250 e. The van der Waals surface area contributed by atoms with Crippen LogP contribution in [-0.4, -0.2) is 46.0 Å². The van der Waals surface area contributed by atoms with E-state index in [2.05, 4.69) is 32.2 Å². The molecule has 2 heterocycles. The van der Waals surface area contributed by atoms with Gasteiger partial charge in [-0.25, -0.2) is 4.98 Å². The zero-order valence-corrected chi connectivity index (χ0v) is 16.5. The van der Waals surface area contributed by atoms with Crippen molar-refractivity contribution in [2.24, 2.45) is 0 Å². The Hall–Kier alpha value is -0.850. The van der Waals surface area contributed by atoms with Crippen LogP contribution in [0.25, 0.3) is 11.4 Å². The van der Waals surface area contributed by atoms with Gasteiger partial charge in [0.25, 0.3) is 0 Å². The van der Waals surface area contributed by atoms with Gasteiger partial charge in [-0.15, -0.1) is 0 Å². The van der Waals surface area contributed by atoms with Crippen molar-refractivity contribution < 1.29 is 0 Å². The van der Waals surface area contributed by atoms with Crippen molar-refractivity contribution in [3.8, 4) is 11.4 Å². The molecule has 1 aromatic heterocycles. The van der Waals surface area contributed by atoms with Gasteiger partial charge in [0, 0.05) is 16.6 Å². The van der Waals surface area contributed by atoms with E-state index in [9.17, 15) is 0 Å². The fourth-order valence-corrected chi connectivity index (χ4v) is 3.10. The van der Waals surface area contributed by atoms with Crippen molar-refractivity contribution in [2.45, 2.75) is 22.7 Å². The van der Waals surface area contributed by atoms with Gasteiger partial charge in [0.15, 0.2) is 11.6 Å². The van der Waals surface area contributed by atoms with Crippen LogP contribution in [0.3, 0.4) is 0 Å². The summed E-state index contributed by atoms with van der Waals surface area (Å²) in [7, 11) is 2.11. The summed E-state index contributed by atoms with van der Waals surface area (Å²) < 4.78 is -1.74. The zero-order chi connectivity index (χ0) is 18.0. The van der Waals surface area contributed by atoms with E-state index in [4.69, 9.17) is 46.4 Å². The van der Waals surface area contributed by atoms with Gasteiger partial charge >= 0.3 is 0 Å². The van der Waals surface area contributed by atoms with Crippen molar-refractivity contribution in [3.63, 3.8) is 0 Å². The predicted molar refractivity (Wildman–Crippen MR) is 104 cm³/mol. The summed E-state index contributed by atoms with van der Waals surface area (Å²) in [5, 5.41) is 3.92. The Morgan fingerprint density at radius 1 is 1.12 bits per heavy atom. The van der Waals surface area contributed by atoms with Crippen molar-refractivity contribution in [1.29, 1.82) is 0 Å². The Balaban J connectivity index is 1.93. The van der Waals surface area contributed by atoms with Gasteiger partial charge in [0.1, 0.15) is 0 Å². The van der Waals surface area contributed by atoms with Gasteiger partial charge in [-0.3, -0.25) is 0 Å². The SMILES string of the molecule is CN1CCC(Nc2nc(-c3cccc(Cl)c3)nc(C(Cl)(Cl)Cl)n2)CC1. The fraction of sp³-hybridized carbons (Fsp3) is 0.438. The van der Waals surface area contributed by atoms with E-state index in [1.54, 1.807) is 12.1 Å². The van der Waals surface area contributed by atoms with Crippen LogP contribution < -0.4 is 5.32 Å². The molecule has 1 fully saturated rings. The second kappa shape index (κ2) is 7.80. The lowest BCUT2D eigenvalue weighted by molar-refractivity contribution is 0.263. The molecule has 0 amide bonds. The number of rotatable bonds is 3. The van der Waals surface area contributed by atoms with Crippen LogP contribution in [0.2, 0.25) is 5.02 Å². The normalized spacial score (nSPS) is 16.8. The lowest BCUT2D eigenvalue weighted by atomic mass is 10.1. The van der Waals surface area contributed by atoms with Gasteiger partial charge in [-0.2, -0.15) is 9.97 Å².